The van der Waals surface area contributed by atoms with E-state index in [0.717, 1.165) is 5.92 Å². The molecule has 2 nitrogen and oxygen atoms in total. The molecule has 0 aromatic heterocycles. The molecule has 0 amide bonds. The molecule has 0 heterocycles. The summed E-state index contributed by atoms with van der Waals surface area (Å²) in [4.78, 5) is 0. The van der Waals surface area contributed by atoms with Crippen LogP contribution in [-0.4, -0.2) is 11.6 Å². The van der Waals surface area contributed by atoms with E-state index in [1.807, 2.05) is 0 Å². The number of hydrogen-bond donors (Lipinski definition) is 2. The number of allylic oxidation sites excluding steroid dienone is 2. The molecule has 1 unspecified atom stereocenters. The van der Waals surface area contributed by atoms with Gasteiger partial charge in [0, 0.05) is 17.3 Å². The van der Waals surface area contributed by atoms with Crippen molar-refractivity contribution in [3.05, 3.63) is 11.8 Å². The fourth-order valence-corrected chi connectivity index (χ4v) is 3.61. The molecule has 0 spiro atoms. The molecule has 2 bridgehead atoms. The van der Waals surface area contributed by atoms with Gasteiger partial charge in [-0.15, -0.1) is 0 Å². The van der Waals surface area contributed by atoms with Crippen LogP contribution in [-0.2, 0) is 0 Å². The van der Waals surface area contributed by atoms with Crippen LogP contribution in [0.15, 0.2) is 11.8 Å². The molecule has 0 saturated heterocycles. The maximum Gasteiger partial charge on any atom is 0.0376 e. The van der Waals surface area contributed by atoms with Gasteiger partial charge in [-0.25, -0.2) is 0 Å². The summed E-state index contributed by atoms with van der Waals surface area (Å²) in [6.07, 6.45) is 12.8. The highest BCUT2D eigenvalue weighted by atomic mass is 15.0. The smallest absolute Gasteiger partial charge is 0.0376 e. The first-order valence-electron chi connectivity index (χ1n) is 6.49. The van der Waals surface area contributed by atoms with Crippen LogP contribution in [0.1, 0.15) is 51.4 Å². The molecule has 3 saturated carbocycles. The number of fused-ring (bicyclic) bond motifs is 1. The summed E-state index contributed by atoms with van der Waals surface area (Å²) < 4.78 is 0. The third-order valence-corrected chi connectivity index (χ3v) is 4.53. The summed E-state index contributed by atoms with van der Waals surface area (Å²) in [6, 6.07) is 0.427. The first-order chi connectivity index (χ1) is 7.26. The monoisotopic (exact) mass is 206 g/mol. The van der Waals surface area contributed by atoms with Crippen molar-refractivity contribution in [2.24, 2.45) is 11.7 Å². The third kappa shape index (κ3) is 1.80. The Morgan fingerprint density at radius 2 is 2.13 bits per heavy atom. The van der Waals surface area contributed by atoms with Gasteiger partial charge in [0.05, 0.1) is 0 Å². The number of hydrogen-bond acceptors (Lipinski definition) is 2. The summed E-state index contributed by atoms with van der Waals surface area (Å²) in [5, 5.41) is 3.83. The maximum absolute atomic E-state index is 5.99. The minimum absolute atomic E-state index is 0.427. The fraction of sp³-hybridized carbons (Fsp3) is 0.846. The molecule has 15 heavy (non-hydrogen) atoms. The molecule has 3 N–H and O–H groups in total. The van der Waals surface area contributed by atoms with Crippen molar-refractivity contribution >= 4 is 0 Å². The van der Waals surface area contributed by atoms with E-state index in [9.17, 15) is 0 Å². The normalized spacial score (nSPS) is 44.2. The van der Waals surface area contributed by atoms with Gasteiger partial charge in [0.15, 0.2) is 0 Å². The highest BCUT2D eigenvalue weighted by Crippen LogP contribution is 2.52. The van der Waals surface area contributed by atoms with Crippen LogP contribution in [0, 0.1) is 5.92 Å². The minimum atomic E-state index is 0.427. The lowest BCUT2D eigenvalue weighted by Crippen LogP contribution is -2.48. The number of rotatable bonds is 2. The van der Waals surface area contributed by atoms with E-state index in [0.29, 0.717) is 11.6 Å². The lowest BCUT2D eigenvalue weighted by molar-refractivity contribution is 0.204. The van der Waals surface area contributed by atoms with Crippen LogP contribution >= 0.6 is 0 Å². The predicted octanol–water partition coefficient (Wildman–Crippen LogP) is 2.30. The standard InChI is InChI=1S/C13H22N2/c14-11-2-1-3-12(5-4-11)15-13-7-6-10(8-13)9-13/h3,10-11,15H,1-2,4-9,14H2. The summed E-state index contributed by atoms with van der Waals surface area (Å²) in [7, 11) is 0. The van der Waals surface area contributed by atoms with Crippen molar-refractivity contribution in [3.8, 4) is 0 Å². The van der Waals surface area contributed by atoms with E-state index < -0.39 is 0 Å². The second-order valence-corrected chi connectivity index (χ2v) is 5.82. The van der Waals surface area contributed by atoms with Crippen LogP contribution in [0.3, 0.4) is 0 Å². The van der Waals surface area contributed by atoms with Gasteiger partial charge in [-0.05, 0) is 57.3 Å². The molecule has 0 aromatic rings. The Bertz CT molecular complexity index is 271. The van der Waals surface area contributed by atoms with Gasteiger partial charge in [0.2, 0.25) is 0 Å². The van der Waals surface area contributed by atoms with Crippen molar-refractivity contribution in [1.29, 1.82) is 0 Å². The summed E-state index contributed by atoms with van der Waals surface area (Å²) in [5.74, 6) is 1.05. The first-order valence-corrected chi connectivity index (χ1v) is 6.49. The highest BCUT2D eigenvalue weighted by Gasteiger charge is 2.50. The molecule has 3 fully saturated rings. The Labute approximate surface area is 92.3 Å². The van der Waals surface area contributed by atoms with E-state index in [4.69, 9.17) is 5.73 Å². The molecule has 0 aromatic carbocycles. The Balaban J connectivity index is 1.60. The summed E-state index contributed by atoms with van der Waals surface area (Å²) in [5.41, 5.74) is 7.99. The molecule has 4 rings (SSSR count). The third-order valence-electron chi connectivity index (χ3n) is 4.53. The van der Waals surface area contributed by atoms with E-state index in [1.54, 1.807) is 0 Å². The van der Waals surface area contributed by atoms with Gasteiger partial charge in [0.25, 0.3) is 0 Å². The van der Waals surface area contributed by atoms with Gasteiger partial charge in [-0.2, -0.15) is 0 Å². The second-order valence-electron chi connectivity index (χ2n) is 5.82. The van der Waals surface area contributed by atoms with Crippen molar-refractivity contribution in [3.63, 3.8) is 0 Å². The van der Waals surface area contributed by atoms with Gasteiger partial charge in [-0.3, -0.25) is 0 Å². The quantitative estimate of drug-likeness (QED) is 0.727. The molecule has 4 aliphatic rings. The second kappa shape index (κ2) is 3.51. The zero-order valence-electron chi connectivity index (χ0n) is 9.47. The highest BCUT2D eigenvalue weighted by molar-refractivity contribution is 5.15. The lowest BCUT2D eigenvalue weighted by Gasteiger charge is -2.41. The van der Waals surface area contributed by atoms with E-state index in [1.165, 1.54) is 57.1 Å². The zero-order chi connectivity index (χ0) is 10.3. The zero-order valence-corrected chi connectivity index (χ0v) is 9.47. The molecule has 4 aliphatic carbocycles. The Morgan fingerprint density at radius 3 is 2.87 bits per heavy atom. The summed E-state index contributed by atoms with van der Waals surface area (Å²) >= 11 is 0. The van der Waals surface area contributed by atoms with Crippen molar-refractivity contribution in [2.75, 3.05) is 0 Å². The SMILES string of the molecule is NC1CCC=C(NC23CCC(C2)C3)CC1. The lowest BCUT2D eigenvalue weighted by atomic mass is 9.77. The van der Waals surface area contributed by atoms with E-state index in [2.05, 4.69) is 11.4 Å². The van der Waals surface area contributed by atoms with Crippen molar-refractivity contribution < 1.29 is 0 Å². The van der Waals surface area contributed by atoms with Gasteiger partial charge in [-0.1, -0.05) is 6.08 Å². The summed E-state index contributed by atoms with van der Waals surface area (Å²) in [6.45, 7) is 0. The molecule has 1 atom stereocenters. The Kier molecular flexibility index (Phi) is 2.27. The van der Waals surface area contributed by atoms with E-state index in [-0.39, 0.29) is 0 Å². The average Bonchev–Trinajstić information content (AvgIpc) is 2.66. The average molecular weight is 206 g/mol. The first kappa shape index (κ1) is 9.71. The van der Waals surface area contributed by atoms with Gasteiger partial charge >= 0.3 is 0 Å². The molecule has 84 valence electrons. The number of nitrogens with two attached hydrogens (primary N) is 1. The van der Waals surface area contributed by atoms with E-state index >= 15 is 0 Å². The molecular weight excluding hydrogens is 184 g/mol. The Morgan fingerprint density at radius 1 is 1.27 bits per heavy atom. The van der Waals surface area contributed by atoms with Crippen LogP contribution in [0.25, 0.3) is 0 Å². The fourth-order valence-electron chi connectivity index (χ4n) is 3.61. The van der Waals surface area contributed by atoms with Crippen LogP contribution in [0.5, 0.6) is 0 Å². The van der Waals surface area contributed by atoms with Gasteiger partial charge < -0.3 is 11.1 Å². The number of nitrogens with one attached hydrogen (secondary N) is 1. The molecule has 0 aliphatic heterocycles. The van der Waals surface area contributed by atoms with Crippen molar-refractivity contribution in [1.82, 2.24) is 5.32 Å². The van der Waals surface area contributed by atoms with Crippen LogP contribution in [0.4, 0.5) is 0 Å². The predicted molar refractivity (Wildman–Crippen MR) is 62.4 cm³/mol. The van der Waals surface area contributed by atoms with Crippen LogP contribution < -0.4 is 11.1 Å². The van der Waals surface area contributed by atoms with Crippen molar-refractivity contribution in [2.45, 2.75) is 62.9 Å². The topological polar surface area (TPSA) is 38.0 Å². The van der Waals surface area contributed by atoms with Crippen LogP contribution in [0.2, 0.25) is 0 Å². The van der Waals surface area contributed by atoms with Gasteiger partial charge in [0.1, 0.15) is 0 Å². The minimum Gasteiger partial charge on any atom is -0.383 e. The Hall–Kier alpha value is -0.500. The molecular formula is C13H22N2. The molecule has 0 radical (unpaired) electrons. The molecule has 2 heteroatoms. The largest absolute Gasteiger partial charge is 0.383 e. The maximum atomic E-state index is 5.99.